The van der Waals surface area contributed by atoms with Gasteiger partial charge < -0.3 is 10.6 Å². The average molecular weight is 297 g/mol. The molecule has 116 valence electrons. The standard InChI is InChI=1S/C18H23N3O/c1-3-21(18(22)11-14(2)19)13-15-5-4-6-17(12-15)16-7-9-20-10-8-16/h4-10,12,14H,3,11,13,19H2,1-2H3. The number of nitrogens with zero attached hydrogens (tertiary/aromatic N) is 2. The minimum absolute atomic E-state index is 0.104. The predicted octanol–water partition coefficient (Wildman–Crippen LogP) is 2.83. The van der Waals surface area contributed by atoms with E-state index in [0.29, 0.717) is 19.5 Å². The van der Waals surface area contributed by atoms with Crippen molar-refractivity contribution in [2.75, 3.05) is 6.54 Å². The van der Waals surface area contributed by atoms with Gasteiger partial charge in [-0.1, -0.05) is 18.2 Å². The van der Waals surface area contributed by atoms with Gasteiger partial charge in [0.1, 0.15) is 0 Å². The van der Waals surface area contributed by atoms with Gasteiger partial charge in [-0.05, 0) is 48.7 Å². The molecule has 22 heavy (non-hydrogen) atoms. The highest BCUT2D eigenvalue weighted by Gasteiger charge is 2.14. The summed E-state index contributed by atoms with van der Waals surface area (Å²) in [6.45, 7) is 5.15. The number of carbonyl (C=O) groups is 1. The first kappa shape index (κ1) is 16.2. The summed E-state index contributed by atoms with van der Waals surface area (Å²) in [5.41, 5.74) is 9.11. The van der Waals surface area contributed by atoms with Crippen molar-refractivity contribution in [3.63, 3.8) is 0 Å². The lowest BCUT2D eigenvalue weighted by molar-refractivity contribution is -0.131. The van der Waals surface area contributed by atoms with Gasteiger partial charge in [-0.25, -0.2) is 0 Å². The van der Waals surface area contributed by atoms with Gasteiger partial charge in [-0.3, -0.25) is 9.78 Å². The van der Waals surface area contributed by atoms with E-state index in [0.717, 1.165) is 16.7 Å². The summed E-state index contributed by atoms with van der Waals surface area (Å²) in [7, 11) is 0. The first-order chi connectivity index (χ1) is 10.6. The van der Waals surface area contributed by atoms with Gasteiger partial charge in [-0.2, -0.15) is 0 Å². The molecule has 1 atom stereocenters. The molecular formula is C18H23N3O. The van der Waals surface area contributed by atoms with Gasteiger partial charge in [0.05, 0.1) is 0 Å². The van der Waals surface area contributed by atoms with Crippen LogP contribution < -0.4 is 5.73 Å². The van der Waals surface area contributed by atoms with Crippen LogP contribution in [0.2, 0.25) is 0 Å². The molecule has 1 heterocycles. The van der Waals surface area contributed by atoms with Crippen LogP contribution in [0, 0.1) is 0 Å². The molecule has 0 aliphatic heterocycles. The molecule has 0 radical (unpaired) electrons. The van der Waals surface area contributed by atoms with Gasteiger partial charge in [0.25, 0.3) is 0 Å². The molecule has 4 nitrogen and oxygen atoms in total. The Morgan fingerprint density at radius 1 is 1.23 bits per heavy atom. The summed E-state index contributed by atoms with van der Waals surface area (Å²) in [4.78, 5) is 18.1. The molecule has 0 aliphatic rings. The molecule has 0 aliphatic carbocycles. The van der Waals surface area contributed by atoms with Crippen LogP contribution in [-0.2, 0) is 11.3 Å². The molecule has 0 bridgehead atoms. The Hall–Kier alpha value is -2.20. The summed E-state index contributed by atoms with van der Waals surface area (Å²) in [5, 5.41) is 0. The largest absolute Gasteiger partial charge is 0.339 e. The van der Waals surface area contributed by atoms with Crippen LogP contribution in [0.4, 0.5) is 0 Å². The Morgan fingerprint density at radius 3 is 2.59 bits per heavy atom. The quantitative estimate of drug-likeness (QED) is 0.892. The fraction of sp³-hybridized carbons (Fsp3) is 0.333. The van der Waals surface area contributed by atoms with Crippen molar-refractivity contribution in [3.8, 4) is 11.1 Å². The fourth-order valence-corrected chi connectivity index (χ4v) is 2.39. The monoisotopic (exact) mass is 297 g/mol. The summed E-state index contributed by atoms with van der Waals surface area (Å²) >= 11 is 0. The van der Waals surface area contributed by atoms with E-state index in [1.807, 2.05) is 43.0 Å². The summed E-state index contributed by atoms with van der Waals surface area (Å²) in [6, 6.07) is 12.1. The van der Waals surface area contributed by atoms with Crippen LogP contribution in [-0.4, -0.2) is 28.4 Å². The lowest BCUT2D eigenvalue weighted by Crippen LogP contribution is -2.34. The second-order valence-electron chi connectivity index (χ2n) is 5.53. The highest BCUT2D eigenvalue weighted by molar-refractivity contribution is 5.76. The Labute approximate surface area is 132 Å². The van der Waals surface area contributed by atoms with Crippen LogP contribution in [0.25, 0.3) is 11.1 Å². The maximum Gasteiger partial charge on any atom is 0.224 e. The smallest absolute Gasteiger partial charge is 0.224 e. The van der Waals surface area contributed by atoms with Gasteiger partial charge in [0.15, 0.2) is 0 Å². The normalized spacial score (nSPS) is 12.0. The highest BCUT2D eigenvalue weighted by atomic mass is 16.2. The molecule has 4 heteroatoms. The van der Waals surface area contributed by atoms with E-state index in [1.165, 1.54) is 0 Å². The zero-order valence-corrected chi connectivity index (χ0v) is 13.2. The van der Waals surface area contributed by atoms with E-state index in [2.05, 4.69) is 17.1 Å². The third-order valence-electron chi connectivity index (χ3n) is 3.55. The maximum atomic E-state index is 12.2. The molecule has 1 unspecified atom stereocenters. The molecule has 2 aromatic rings. The first-order valence-corrected chi connectivity index (χ1v) is 7.63. The van der Waals surface area contributed by atoms with Crippen molar-refractivity contribution >= 4 is 5.91 Å². The van der Waals surface area contributed by atoms with Crippen molar-refractivity contribution in [3.05, 3.63) is 54.4 Å². The number of hydrogen-bond acceptors (Lipinski definition) is 3. The minimum Gasteiger partial charge on any atom is -0.339 e. The fourth-order valence-electron chi connectivity index (χ4n) is 2.39. The molecule has 0 saturated heterocycles. The molecule has 2 rings (SSSR count). The topological polar surface area (TPSA) is 59.2 Å². The van der Waals surface area contributed by atoms with Gasteiger partial charge in [-0.15, -0.1) is 0 Å². The SMILES string of the molecule is CCN(Cc1cccc(-c2ccncc2)c1)C(=O)CC(C)N. The Kier molecular flexibility index (Phi) is 5.67. The average Bonchev–Trinajstić information content (AvgIpc) is 2.53. The number of rotatable bonds is 6. The van der Waals surface area contributed by atoms with E-state index < -0.39 is 0 Å². The van der Waals surface area contributed by atoms with Crippen LogP contribution in [0.3, 0.4) is 0 Å². The van der Waals surface area contributed by atoms with E-state index in [-0.39, 0.29) is 11.9 Å². The van der Waals surface area contributed by atoms with Crippen LogP contribution in [0.1, 0.15) is 25.8 Å². The molecule has 1 aromatic heterocycles. The first-order valence-electron chi connectivity index (χ1n) is 7.63. The molecule has 0 spiro atoms. The number of aromatic nitrogens is 1. The molecule has 0 fully saturated rings. The lowest BCUT2D eigenvalue weighted by Gasteiger charge is -2.22. The second-order valence-corrected chi connectivity index (χ2v) is 5.53. The molecule has 0 saturated carbocycles. The van der Waals surface area contributed by atoms with Crippen molar-refractivity contribution < 1.29 is 4.79 Å². The zero-order valence-electron chi connectivity index (χ0n) is 13.2. The number of carbonyl (C=O) groups excluding carboxylic acids is 1. The van der Waals surface area contributed by atoms with Crippen molar-refractivity contribution in [1.82, 2.24) is 9.88 Å². The predicted molar refractivity (Wildman–Crippen MR) is 89.0 cm³/mol. The summed E-state index contributed by atoms with van der Waals surface area (Å²) in [5.74, 6) is 0.104. The Bertz CT molecular complexity index is 611. The summed E-state index contributed by atoms with van der Waals surface area (Å²) in [6.07, 6.45) is 3.96. The highest BCUT2D eigenvalue weighted by Crippen LogP contribution is 2.20. The lowest BCUT2D eigenvalue weighted by atomic mass is 10.0. The number of pyridine rings is 1. The number of hydrogen-bond donors (Lipinski definition) is 1. The van der Waals surface area contributed by atoms with Gasteiger partial charge in [0, 0.05) is 37.9 Å². The molecule has 2 N–H and O–H groups in total. The van der Waals surface area contributed by atoms with Gasteiger partial charge in [0.2, 0.25) is 5.91 Å². The zero-order chi connectivity index (χ0) is 15.9. The maximum absolute atomic E-state index is 12.2. The Morgan fingerprint density at radius 2 is 1.95 bits per heavy atom. The minimum atomic E-state index is -0.107. The molecule has 1 amide bonds. The van der Waals surface area contributed by atoms with E-state index in [4.69, 9.17) is 5.73 Å². The van der Waals surface area contributed by atoms with Crippen molar-refractivity contribution in [1.29, 1.82) is 0 Å². The third-order valence-corrected chi connectivity index (χ3v) is 3.55. The molecular weight excluding hydrogens is 274 g/mol. The molecule has 1 aromatic carbocycles. The van der Waals surface area contributed by atoms with Crippen LogP contribution >= 0.6 is 0 Å². The van der Waals surface area contributed by atoms with Crippen LogP contribution in [0.5, 0.6) is 0 Å². The number of benzene rings is 1. The Balaban J connectivity index is 2.14. The van der Waals surface area contributed by atoms with Crippen LogP contribution in [0.15, 0.2) is 48.8 Å². The second kappa shape index (κ2) is 7.71. The number of amides is 1. The summed E-state index contributed by atoms with van der Waals surface area (Å²) < 4.78 is 0. The third kappa shape index (κ3) is 4.40. The van der Waals surface area contributed by atoms with E-state index in [1.54, 1.807) is 12.4 Å². The van der Waals surface area contributed by atoms with E-state index >= 15 is 0 Å². The van der Waals surface area contributed by atoms with Gasteiger partial charge >= 0.3 is 0 Å². The van der Waals surface area contributed by atoms with Crippen molar-refractivity contribution in [2.24, 2.45) is 5.73 Å². The number of nitrogens with two attached hydrogens (primary N) is 1. The van der Waals surface area contributed by atoms with Crippen molar-refractivity contribution in [2.45, 2.75) is 32.9 Å². The van der Waals surface area contributed by atoms with E-state index in [9.17, 15) is 4.79 Å².